The Balaban J connectivity index is 2.57. The fourth-order valence-corrected chi connectivity index (χ4v) is 0.914. The van der Waals surface area contributed by atoms with Crippen LogP contribution in [0.2, 0.25) is 0 Å². The Bertz CT molecular complexity index is 191. The zero-order chi connectivity index (χ0) is 7.61. The van der Waals surface area contributed by atoms with Gasteiger partial charge >= 0.3 is 5.51 Å². The van der Waals surface area contributed by atoms with Crippen LogP contribution >= 0.6 is 11.8 Å². The molecule has 0 unspecified atom stereocenters. The van der Waals surface area contributed by atoms with E-state index in [2.05, 4.69) is 4.42 Å². The molecule has 0 saturated heterocycles. The van der Waals surface area contributed by atoms with Crippen LogP contribution in [-0.2, 0) is 0 Å². The fraction of sp³-hybridized carbons (Fsp3) is 0.200. The number of thioether (sulfide) groups is 1. The highest BCUT2D eigenvalue weighted by Gasteiger charge is 2.30. The van der Waals surface area contributed by atoms with Gasteiger partial charge in [-0.1, -0.05) is 0 Å². The zero-order valence-corrected chi connectivity index (χ0v) is 5.50. The minimum absolute atomic E-state index is 0.132. The van der Waals surface area contributed by atoms with E-state index in [0.717, 1.165) is 0 Å². The number of alkyl halides is 3. The van der Waals surface area contributed by atoms with Crippen LogP contribution in [0.15, 0.2) is 27.9 Å². The van der Waals surface area contributed by atoms with Crippen molar-refractivity contribution < 1.29 is 17.6 Å². The smallest absolute Gasteiger partial charge is 0.449 e. The molecule has 0 fully saturated rings. The van der Waals surface area contributed by atoms with E-state index in [1.165, 1.54) is 18.4 Å². The molecule has 5 heteroatoms. The lowest BCUT2D eigenvalue weighted by Crippen LogP contribution is -1.97. The van der Waals surface area contributed by atoms with Crippen molar-refractivity contribution in [3.63, 3.8) is 0 Å². The summed E-state index contributed by atoms with van der Waals surface area (Å²) in [5.74, 6) is 0. The topological polar surface area (TPSA) is 13.1 Å². The number of halogens is 3. The Morgan fingerprint density at radius 1 is 1.40 bits per heavy atom. The third kappa shape index (κ3) is 2.34. The first-order valence-corrected chi connectivity index (χ1v) is 3.19. The van der Waals surface area contributed by atoms with Gasteiger partial charge in [0.05, 0.1) is 6.26 Å². The Hall–Kier alpha value is -0.580. The Labute approximate surface area is 59.2 Å². The van der Waals surface area contributed by atoms with Crippen LogP contribution in [-0.4, -0.2) is 5.51 Å². The van der Waals surface area contributed by atoms with Crippen LogP contribution in [0.25, 0.3) is 0 Å². The van der Waals surface area contributed by atoms with Gasteiger partial charge in [0.25, 0.3) is 0 Å². The molecule has 0 atom stereocenters. The summed E-state index contributed by atoms with van der Waals surface area (Å²) in [5, 5.41) is -0.132. The lowest BCUT2D eigenvalue weighted by molar-refractivity contribution is -0.0335. The monoisotopic (exact) mass is 168 g/mol. The van der Waals surface area contributed by atoms with Gasteiger partial charge in [0.2, 0.25) is 0 Å². The number of hydrogen-bond acceptors (Lipinski definition) is 2. The third-order valence-corrected chi connectivity index (χ3v) is 1.38. The van der Waals surface area contributed by atoms with Crippen molar-refractivity contribution in [3.05, 3.63) is 18.4 Å². The van der Waals surface area contributed by atoms with Crippen LogP contribution in [0.5, 0.6) is 0 Å². The van der Waals surface area contributed by atoms with E-state index in [0.29, 0.717) is 0 Å². The summed E-state index contributed by atoms with van der Waals surface area (Å²) in [6, 6.07) is 2.67. The fourth-order valence-electron chi connectivity index (χ4n) is 0.436. The number of furan rings is 1. The van der Waals surface area contributed by atoms with Crippen LogP contribution in [0.4, 0.5) is 13.2 Å². The highest BCUT2D eigenvalue weighted by atomic mass is 32.2. The van der Waals surface area contributed by atoms with Crippen LogP contribution in [0.1, 0.15) is 0 Å². The van der Waals surface area contributed by atoms with Gasteiger partial charge in [0.1, 0.15) is 0 Å². The van der Waals surface area contributed by atoms with Crippen LogP contribution in [0, 0.1) is 0 Å². The normalized spacial score (nSPS) is 11.9. The van der Waals surface area contributed by atoms with Crippen molar-refractivity contribution in [3.8, 4) is 0 Å². The number of rotatable bonds is 1. The molecular formula is C5H3F3OS. The van der Waals surface area contributed by atoms with E-state index in [4.69, 9.17) is 0 Å². The van der Waals surface area contributed by atoms with Crippen molar-refractivity contribution in [2.75, 3.05) is 0 Å². The molecular weight excluding hydrogens is 165 g/mol. The summed E-state index contributed by atoms with van der Waals surface area (Å²) in [7, 11) is 0. The Kier molecular flexibility index (Phi) is 1.94. The molecule has 0 radical (unpaired) electrons. The van der Waals surface area contributed by atoms with E-state index in [1.54, 1.807) is 0 Å². The van der Waals surface area contributed by atoms with Crippen molar-refractivity contribution in [2.24, 2.45) is 0 Å². The van der Waals surface area contributed by atoms with Gasteiger partial charge in [-0.3, -0.25) is 0 Å². The lowest BCUT2D eigenvalue weighted by Gasteiger charge is -1.99. The molecule has 1 rings (SSSR count). The van der Waals surface area contributed by atoms with Gasteiger partial charge in [0, 0.05) is 11.8 Å². The molecule has 1 aromatic heterocycles. The van der Waals surface area contributed by atoms with Crippen LogP contribution in [0.3, 0.4) is 0 Å². The molecule has 1 heterocycles. The molecule has 0 aromatic carbocycles. The summed E-state index contributed by atoms with van der Waals surface area (Å²) in [6.45, 7) is 0. The van der Waals surface area contributed by atoms with Crippen molar-refractivity contribution in [1.82, 2.24) is 0 Å². The average Bonchev–Trinajstić information content (AvgIpc) is 2.12. The van der Waals surface area contributed by atoms with Gasteiger partial charge in [-0.2, -0.15) is 13.2 Å². The van der Waals surface area contributed by atoms with Gasteiger partial charge in [-0.05, 0) is 12.1 Å². The van der Waals surface area contributed by atoms with Crippen molar-refractivity contribution >= 4 is 11.8 Å². The second-order valence-corrected chi connectivity index (χ2v) is 2.55. The molecule has 0 saturated carbocycles. The van der Waals surface area contributed by atoms with E-state index >= 15 is 0 Å². The quantitative estimate of drug-likeness (QED) is 0.598. The highest BCUT2D eigenvalue weighted by Crippen LogP contribution is 2.36. The van der Waals surface area contributed by atoms with E-state index < -0.39 is 5.51 Å². The third-order valence-electron chi connectivity index (χ3n) is 0.711. The minimum Gasteiger partial charge on any atom is -0.458 e. The highest BCUT2D eigenvalue weighted by molar-refractivity contribution is 8.00. The molecule has 0 spiro atoms. The predicted molar refractivity (Wildman–Crippen MR) is 30.6 cm³/mol. The number of hydrogen-bond donors (Lipinski definition) is 0. The summed E-state index contributed by atoms with van der Waals surface area (Å²) in [5.41, 5.74) is -4.25. The van der Waals surface area contributed by atoms with Gasteiger partial charge < -0.3 is 4.42 Å². The first kappa shape index (κ1) is 7.53. The van der Waals surface area contributed by atoms with Gasteiger partial charge in [0.15, 0.2) is 5.09 Å². The molecule has 0 N–H and O–H groups in total. The molecule has 0 amide bonds. The summed E-state index contributed by atoms with van der Waals surface area (Å²) < 4.78 is 39.0. The van der Waals surface area contributed by atoms with Gasteiger partial charge in [-0.25, -0.2) is 0 Å². The predicted octanol–water partition coefficient (Wildman–Crippen LogP) is 2.89. The maximum Gasteiger partial charge on any atom is 0.449 e. The zero-order valence-electron chi connectivity index (χ0n) is 4.68. The molecule has 10 heavy (non-hydrogen) atoms. The lowest BCUT2D eigenvalue weighted by atomic mass is 10.7. The first-order chi connectivity index (χ1) is 4.58. The Morgan fingerprint density at radius 3 is 2.50 bits per heavy atom. The Morgan fingerprint density at radius 2 is 2.10 bits per heavy atom. The molecule has 0 aliphatic heterocycles. The van der Waals surface area contributed by atoms with E-state index in [9.17, 15) is 13.2 Å². The first-order valence-electron chi connectivity index (χ1n) is 2.37. The van der Waals surface area contributed by atoms with Crippen LogP contribution < -0.4 is 0 Å². The standard InChI is InChI=1S/C5H3F3OS/c6-5(7,8)10-4-2-1-3-9-4/h1-3H. The average molecular weight is 168 g/mol. The second-order valence-electron chi connectivity index (χ2n) is 1.48. The maximum absolute atomic E-state index is 11.5. The molecule has 0 aliphatic rings. The minimum atomic E-state index is -4.25. The summed E-state index contributed by atoms with van der Waals surface area (Å²) in [6.07, 6.45) is 1.20. The molecule has 1 nitrogen and oxygen atoms in total. The SMILES string of the molecule is FC(F)(F)Sc1ccco1. The molecule has 56 valence electrons. The molecule has 1 aromatic rings. The van der Waals surface area contributed by atoms with E-state index in [-0.39, 0.29) is 16.9 Å². The van der Waals surface area contributed by atoms with Crippen molar-refractivity contribution in [1.29, 1.82) is 0 Å². The van der Waals surface area contributed by atoms with Crippen molar-refractivity contribution in [2.45, 2.75) is 10.6 Å². The second kappa shape index (κ2) is 2.57. The van der Waals surface area contributed by atoms with Gasteiger partial charge in [-0.15, -0.1) is 0 Å². The maximum atomic E-state index is 11.5. The summed E-state index contributed by atoms with van der Waals surface area (Å²) >= 11 is -0.259. The van der Waals surface area contributed by atoms with E-state index in [1.807, 2.05) is 0 Å². The molecule has 0 bridgehead atoms. The summed E-state index contributed by atoms with van der Waals surface area (Å²) in [4.78, 5) is 0. The molecule has 0 aliphatic carbocycles. The largest absolute Gasteiger partial charge is 0.458 e.